The Hall–Kier alpha value is -1.63. The van der Waals surface area contributed by atoms with Crippen molar-refractivity contribution in [1.82, 2.24) is 9.80 Å². The van der Waals surface area contributed by atoms with Crippen LogP contribution in [0.5, 0.6) is 0 Å². The number of ether oxygens (including phenoxy) is 1. The highest BCUT2D eigenvalue weighted by Gasteiger charge is 2.36. The first-order valence-corrected chi connectivity index (χ1v) is 6.90. The summed E-state index contributed by atoms with van der Waals surface area (Å²) in [6.07, 6.45) is 1.09. The van der Waals surface area contributed by atoms with Crippen molar-refractivity contribution >= 4 is 17.8 Å². The SMILES string of the molecule is CN(CC(=O)N1CCCC1)C(=O)C1CCC(C(=O)O)O1. The second-order valence-electron chi connectivity index (χ2n) is 5.31. The fourth-order valence-electron chi connectivity index (χ4n) is 2.59. The molecular weight excluding hydrogens is 264 g/mol. The van der Waals surface area contributed by atoms with Gasteiger partial charge in [-0.15, -0.1) is 0 Å². The Balaban J connectivity index is 1.83. The molecule has 0 aromatic rings. The summed E-state index contributed by atoms with van der Waals surface area (Å²) in [5.74, 6) is -1.43. The topological polar surface area (TPSA) is 87.2 Å². The number of carbonyl (C=O) groups excluding carboxylic acids is 2. The van der Waals surface area contributed by atoms with Crippen molar-refractivity contribution < 1.29 is 24.2 Å². The molecule has 0 saturated carbocycles. The summed E-state index contributed by atoms with van der Waals surface area (Å²) in [5.41, 5.74) is 0. The first-order chi connectivity index (χ1) is 9.49. The first kappa shape index (κ1) is 14.8. The molecule has 112 valence electrons. The number of amides is 2. The van der Waals surface area contributed by atoms with E-state index in [0.717, 1.165) is 25.9 Å². The lowest BCUT2D eigenvalue weighted by atomic mass is 10.2. The average molecular weight is 284 g/mol. The average Bonchev–Trinajstić information content (AvgIpc) is 3.08. The number of likely N-dealkylation sites (tertiary alicyclic amines) is 1. The Morgan fingerprint density at radius 3 is 2.35 bits per heavy atom. The lowest BCUT2D eigenvalue weighted by Crippen LogP contribution is -2.43. The zero-order valence-corrected chi connectivity index (χ0v) is 11.6. The third-order valence-electron chi connectivity index (χ3n) is 3.78. The summed E-state index contributed by atoms with van der Waals surface area (Å²) < 4.78 is 5.20. The summed E-state index contributed by atoms with van der Waals surface area (Å²) >= 11 is 0. The van der Waals surface area contributed by atoms with Crippen LogP contribution in [-0.4, -0.2) is 71.6 Å². The third-order valence-corrected chi connectivity index (χ3v) is 3.78. The van der Waals surface area contributed by atoms with Crippen LogP contribution in [0.4, 0.5) is 0 Å². The van der Waals surface area contributed by atoms with Crippen LogP contribution < -0.4 is 0 Å². The van der Waals surface area contributed by atoms with Crippen LogP contribution in [0.25, 0.3) is 0 Å². The molecule has 0 bridgehead atoms. The van der Waals surface area contributed by atoms with E-state index < -0.39 is 18.2 Å². The Bertz CT molecular complexity index is 406. The van der Waals surface area contributed by atoms with Gasteiger partial charge in [-0.2, -0.15) is 0 Å². The Labute approximate surface area is 117 Å². The summed E-state index contributed by atoms with van der Waals surface area (Å²) in [7, 11) is 1.55. The molecule has 2 rings (SSSR count). The Morgan fingerprint density at radius 1 is 1.20 bits per heavy atom. The van der Waals surface area contributed by atoms with Crippen LogP contribution in [-0.2, 0) is 19.1 Å². The molecule has 2 aliphatic rings. The van der Waals surface area contributed by atoms with Crippen LogP contribution >= 0.6 is 0 Å². The van der Waals surface area contributed by atoms with Gasteiger partial charge in [0, 0.05) is 20.1 Å². The summed E-state index contributed by atoms with van der Waals surface area (Å²) in [4.78, 5) is 37.9. The third kappa shape index (κ3) is 3.27. The van der Waals surface area contributed by atoms with Crippen molar-refractivity contribution in [2.45, 2.75) is 37.9 Å². The van der Waals surface area contributed by atoms with E-state index in [4.69, 9.17) is 9.84 Å². The van der Waals surface area contributed by atoms with Crippen molar-refractivity contribution in [3.63, 3.8) is 0 Å². The molecule has 0 aromatic heterocycles. The minimum absolute atomic E-state index is 0.0242. The van der Waals surface area contributed by atoms with Gasteiger partial charge in [-0.1, -0.05) is 0 Å². The van der Waals surface area contributed by atoms with Gasteiger partial charge in [-0.3, -0.25) is 9.59 Å². The van der Waals surface area contributed by atoms with E-state index in [9.17, 15) is 14.4 Å². The summed E-state index contributed by atoms with van der Waals surface area (Å²) in [6.45, 7) is 1.53. The molecule has 2 aliphatic heterocycles. The van der Waals surface area contributed by atoms with E-state index in [-0.39, 0.29) is 18.4 Å². The van der Waals surface area contributed by atoms with E-state index in [2.05, 4.69) is 0 Å². The maximum atomic E-state index is 12.1. The largest absolute Gasteiger partial charge is 0.479 e. The van der Waals surface area contributed by atoms with Gasteiger partial charge in [0.25, 0.3) is 5.91 Å². The van der Waals surface area contributed by atoms with E-state index in [1.165, 1.54) is 4.90 Å². The molecule has 0 aliphatic carbocycles. The van der Waals surface area contributed by atoms with E-state index >= 15 is 0 Å². The van der Waals surface area contributed by atoms with Crippen LogP contribution in [0, 0.1) is 0 Å². The smallest absolute Gasteiger partial charge is 0.332 e. The maximum Gasteiger partial charge on any atom is 0.332 e. The molecular formula is C13H20N2O5. The van der Waals surface area contributed by atoms with Gasteiger partial charge in [0.05, 0.1) is 6.54 Å². The summed E-state index contributed by atoms with van der Waals surface area (Å²) in [5, 5.41) is 8.83. The van der Waals surface area contributed by atoms with Gasteiger partial charge >= 0.3 is 5.97 Å². The van der Waals surface area contributed by atoms with Crippen LogP contribution in [0.1, 0.15) is 25.7 Å². The molecule has 1 N–H and O–H groups in total. The normalized spacial score (nSPS) is 25.8. The molecule has 7 heteroatoms. The van der Waals surface area contributed by atoms with E-state index in [0.29, 0.717) is 12.8 Å². The summed E-state index contributed by atoms with van der Waals surface area (Å²) in [6, 6.07) is 0. The molecule has 20 heavy (non-hydrogen) atoms. The quantitative estimate of drug-likeness (QED) is 0.766. The Morgan fingerprint density at radius 2 is 1.80 bits per heavy atom. The van der Waals surface area contributed by atoms with Gasteiger partial charge in [0.15, 0.2) is 6.10 Å². The highest BCUT2D eigenvalue weighted by atomic mass is 16.5. The van der Waals surface area contributed by atoms with Crippen molar-refractivity contribution in [3.8, 4) is 0 Å². The maximum absolute atomic E-state index is 12.1. The highest BCUT2D eigenvalue weighted by molar-refractivity contribution is 5.87. The van der Waals surface area contributed by atoms with Gasteiger partial charge in [-0.05, 0) is 25.7 Å². The predicted molar refractivity (Wildman–Crippen MR) is 69.0 cm³/mol. The molecule has 0 aromatic carbocycles. The molecule has 2 unspecified atom stereocenters. The Kier molecular flexibility index (Phi) is 4.59. The number of carboxylic acid groups (broad SMARTS) is 1. The second-order valence-corrected chi connectivity index (χ2v) is 5.31. The minimum atomic E-state index is -1.05. The first-order valence-electron chi connectivity index (χ1n) is 6.90. The molecule has 2 heterocycles. The number of carbonyl (C=O) groups is 3. The van der Waals surface area contributed by atoms with Gasteiger partial charge in [0.1, 0.15) is 6.10 Å². The molecule has 2 atom stereocenters. The fourth-order valence-corrected chi connectivity index (χ4v) is 2.59. The minimum Gasteiger partial charge on any atom is -0.479 e. The lowest BCUT2D eigenvalue weighted by Gasteiger charge is -2.23. The highest BCUT2D eigenvalue weighted by Crippen LogP contribution is 2.21. The van der Waals surface area contributed by atoms with Crippen molar-refractivity contribution in [2.75, 3.05) is 26.7 Å². The number of aliphatic carboxylic acids is 1. The van der Waals surface area contributed by atoms with Gasteiger partial charge in [0.2, 0.25) is 5.91 Å². The molecule has 7 nitrogen and oxygen atoms in total. The molecule has 2 fully saturated rings. The molecule has 0 radical (unpaired) electrons. The zero-order valence-electron chi connectivity index (χ0n) is 11.6. The van der Waals surface area contributed by atoms with Crippen molar-refractivity contribution in [2.24, 2.45) is 0 Å². The van der Waals surface area contributed by atoms with Crippen LogP contribution in [0.2, 0.25) is 0 Å². The van der Waals surface area contributed by atoms with Crippen LogP contribution in [0.3, 0.4) is 0 Å². The molecule has 0 spiro atoms. The van der Waals surface area contributed by atoms with E-state index in [1.807, 2.05) is 0 Å². The number of hydrogen-bond acceptors (Lipinski definition) is 4. The lowest BCUT2D eigenvalue weighted by molar-refractivity contribution is -0.155. The standard InChI is InChI=1S/C13H20N2O5/c1-14(8-11(16)15-6-2-3-7-15)12(17)9-4-5-10(20-9)13(18)19/h9-10H,2-8H2,1H3,(H,18,19). The fraction of sp³-hybridized carbons (Fsp3) is 0.769. The number of likely N-dealkylation sites (N-methyl/N-ethyl adjacent to an activating group) is 1. The molecule has 2 saturated heterocycles. The van der Waals surface area contributed by atoms with Gasteiger partial charge < -0.3 is 19.6 Å². The monoisotopic (exact) mass is 284 g/mol. The number of hydrogen-bond donors (Lipinski definition) is 1. The van der Waals surface area contributed by atoms with Crippen LogP contribution in [0.15, 0.2) is 0 Å². The van der Waals surface area contributed by atoms with Crippen molar-refractivity contribution in [3.05, 3.63) is 0 Å². The molecule has 2 amide bonds. The van der Waals surface area contributed by atoms with E-state index in [1.54, 1.807) is 11.9 Å². The van der Waals surface area contributed by atoms with Crippen molar-refractivity contribution in [1.29, 1.82) is 0 Å². The second kappa shape index (κ2) is 6.21. The number of carboxylic acids is 1. The van der Waals surface area contributed by atoms with Gasteiger partial charge in [-0.25, -0.2) is 4.79 Å². The predicted octanol–water partition coefficient (Wildman–Crippen LogP) is -0.301. The number of nitrogens with zero attached hydrogens (tertiary/aromatic N) is 2. The zero-order chi connectivity index (χ0) is 14.7. The number of rotatable bonds is 4.